The molecule has 0 radical (unpaired) electrons. The molecule has 3 nitrogen and oxygen atoms in total. The third-order valence-electron chi connectivity index (χ3n) is 1.38. The minimum absolute atomic E-state index is 0.129. The fourth-order valence-electron chi connectivity index (χ4n) is 0.934. The molecule has 66 valence electrons. The smallest absolute Gasteiger partial charge is 0.201 e. The zero-order valence-corrected chi connectivity index (χ0v) is 7.88. The van der Waals surface area contributed by atoms with Gasteiger partial charge in [0.1, 0.15) is 6.29 Å². The molecule has 0 bridgehead atoms. The highest BCUT2D eigenvalue weighted by Gasteiger charge is 2.19. The molecule has 0 aliphatic heterocycles. The summed E-state index contributed by atoms with van der Waals surface area (Å²) in [6.07, 6.45) is 1.87. The molecule has 0 fully saturated rings. The van der Waals surface area contributed by atoms with Gasteiger partial charge in [-0.1, -0.05) is 13.8 Å². The van der Waals surface area contributed by atoms with Gasteiger partial charge in [0.05, 0.1) is 0 Å². The van der Waals surface area contributed by atoms with Gasteiger partial charge in [-0.25, -0.2) is 0 Å². The first-order valence-corrected chi connectivity index (χ1v) is 5.81. The maximum Gasteiger partial charge on any atom is 0.201 e. The van der Waals surface area contributed by atoms with Crippen molar-refractivity contribution in [2.75, 3.05) is 12.3 Å². The van der Waals surface area contributed by atoms with E-state index in [1.807, 2.05) is 6.92 Å². The van der Waals surface area contributed by atoms with Gasteiger partial charge >= 0.3 is 0 Å². The molecule has 2 unspecified atom stereocenters. The predicted octanol–water partition coefficient (Wildman–Crippen LogP) is 1.50. The van der Waals surface area contributed by atoms with Crippen molar-refractivity contribution in [1.82, 2.24) is 0 Å². The molecule has 0 amide bonds. The number of hydrogen-bond acceptors (Lipinski definition) is 2. The molecule has 0 aliphatic rings. The van der Waals surface area contributed by atoms with E-state index in [4.69, 9.17) is 0 Å². The Morgan fingerprint density at radius 1 is 1.64 bits per heavy atom. The van der Waals surface area contributed by atoms with Crippen molar-refractivity contribution < 1.29 is 14.3 Å². The fraction of sp³-hybridized carbons (Fsp3) is 0.857. The first kappa shape index (κ1) is 10.9. The number of carbonyl (C=O) groups is 1. The van der Waals surface area contributed by atoms with Crippen LogP contribution in [0.2, 0.25) is 0 Å². The summed E-state index contributed by atoms with van der Waals surface area (Å²) in [6.45, 7) is 3.51. The lowest BCUT2D eigenvalue weighted by Crippen LogP contribution is -2.05. The van der Waals surface area contributed by atoms with Crippen LogP contribution in [0.1, 0.15) is 20.3 Å². The molecule has 4 heteroatoms. The maximum absolute atomic E-state index is 11.2. The third kappa shape index (κ3) is 5.16. The summed E-state index contributed by atoms with van der Waals surface area (Å²) >= 11 is 0. The van der Waals surface area contributed by atoms with Crippen LogP contribution in [0.25, 0.3) is 0 Å². The average Bonchev–Trinajstić information content (AvgIpc) is 1.86. The summed E-state index contributed by atoms with van der Waals surface area (Å²) in [4.78, 5) is 19.4. The zero-order chi connectivity index (χ0) is 8.91. The van der Waals surface area contributed by atoms with Gasteiger partial charge in [0.15, 0.2) is 0 Å². The fourth-order valence-corrected chi connectivity index (χ4v) is 2.80. The van der Waals surface area contributed by atoms with Crippen LogP contribution in [-0.2, 0) is 9.36 Å². The first-order chi connectivity index (χ1) is 5.02. The Labute approximate surface area is 67.3 Å². The summed E-state index contributed by atoms with van der Waals surface area (Å²) in [5, 5.41) is 0. The summed E-state index contributed by atoms with van der Waals surface area (Å²) < 4.78 is 11.2. The van der Waals surface area contributed by atoms with E-state index in [2.05, 4.69) is 0 Å². The maximum atomic E-state index is 11.2. The van der Waals surface area contributed by atoms with Gasteiger partial charge < -0.3 is 9.69 Å². The molecular weight excluding hydrogens is 163 g/mol. The van der Waals surface area contributed by atoms with Gasteiger partial charge in [-0.05, 0) is 6.42 Å². The molecule has 0 spiro atoms. The lowest BCUT2D eigenvalue weighted by Gasteiger charge is -2.11. The first-order valence-electron chi connectivity index (χ1n) is 3.78. The SMILES string of the molecule is CCCP(=O)(O)CC(C)C=O. The van der Waals surface area contributed by atoms with Crippen molar-refractivity contribution in [3.05, 3.63) is 0 Å². The van der Waals surface area contributed by atoms with Gasteiger partial charge in [-0.15, -0.1) is 0 Å². The second-order valence-electron chi connectivity index (χ2n) is 2.87. The minimum atomic E-state index is -3.00. The van der Waals surface area contributed by atoms with Gasteiger partial charge in [0.2, 0.25) is 7.37 Å². The highest BCUT2D eigenvalue weighted by atomic mass is 31.2. The van der Waals surface area contributed by atoms with E-state index in [0.717, 1.165) is 6.29 Å². The molecule has 0 heterocycles. The molecule has 0 aromatic carbocycles. The quantitative estimate of drug-likeness (QED) is 0.512. The number of hydrogen-bond donors (Lipinski definition) is 1. The topological polar surface area (TPSA) is 54.4 Å². The Hall–Kier alpha value is -0.140. The highest BCUT2D eigenvalue weighted by Crippen LogP contribution is 2.42. The summed E-state index contributed by atoms with van der Waals surface area (Å²) in [5.41, 5.74) is 0. The van der Waals surface area contributed by atoms with Gasteiger partial charge in [-0.3, -0.25) is 4.57 Å². The van der Waals surface area contributed by atoms with E-state index in [9.17, 15) is 14.3 Å². The number of rotatable bonds is 5. The largest absolute Gasteiger partial charge is 0.344 e. The molecule has 11 heavy (non-hydrogen) atoms. The van der Waals surface area contributed by atoms with E-state index in [1.54, 1.807) is 6.92 Å². The third-order valence-corrected chi connectivity index (χ3v) is 3.67. The Balaban J connectivity index is 3.90. The molecule has 0 aromatic rings. The summed E-state index contributed by atoms with van der Waals surface area (Å²) in [6, 6.07) is 0. The second kappa shape index (κ2) is 4.68. The molecule has 1 N–H and O–H groups in total. The number of aldehydes is 1. The normalized spacial score (nSPS) is 18.8. The van der Waals surface area contributed by atoms with Crippen molar-refractivity contribution in [2.45, 2.75) is 20.3 Å². The summed E-state index contributed by atoms with van der Waals surface area (Å²) in [7, 11) is -3.00. The van der Waals surface area contributed by atoms with Crippen LogP contribution in [-0.4, -0.2) is 23.5 Å². The van der Waals surface area contributed by atoms with Crippen LogP contribution in [0.15, 0.2) is 0 Å². The van der Waals surface area contributed by atoms with Crippen LogP contribution in [0.4, 0.5) is 0 Å². The van der Waals surface area contributed by atoms with E-state index in [1.165, 1.54) is 0 Å². The van der Waals surface area contributed by atoms with E-state index in [0.29, 0.717) is 12.6 Å². The van der Waals surface area contributed by atoms with Crippen molar-refractivity contribution in [3.8, 4) is 0 Å². The van der Waals surface area contributed by atoms with Crippen LogP contribution >= 0.6 is 7.37 Å². The molecule has 0 saturated heterocycles. The van der Waals surface area contributed by atoms with Crippen LogP contribution < -0.4 is 0 Å². The van der Waals surface area contributed by atoms with E-state index < -0.39 is 7.37 Å². The predicted molar refractivity (Wildman–Crippen MR) is 45.1 cm³/mol. The lowest BCUT2D eigenvalue weighted by atomic mass is 10.3. The van der Waals surface area contributed by atoms with Crippen molar-refractivity contribution in [2.24, 2.45) is 5.92 Å². The van der Waals surface area contributed by atoms with E-state index >= 15 is 0 Å². The molecular formula is C7H15O3P. The van der Waals surface area contributed by atoms with Crippen LogP contribution in [0.5, 0.6) is 0 Å². The molecule has 0 saturated carbocycles. The highest BCUT2D eigenvalue weighted by molar-refractivity contribution is 7.58. The van der Waals surface area contributed by atoms with Crippen molar-refractivity contribution >= 4 is 13.7 Å². The van der Waals surface area contributed by atoms with Gasteiger partial charge in [0, 0.05) is 18.2 Å². The standard InChI is InChI=1S/C7H15O3P/c1-3-4-11(9,10)6-7(2)5-8/h5,7H,3-4,6H2,1-2H3,(H,9,10). The van der Waals surface area contributed by atoms with Gasteiger partial charge in [0.25, 0.3) is 0 Å². The monoisotopic (exact) mass is 178 g/mol. The summed E-state index contributed by atoms with van der Waals surface area (Å²) in [5.74, 6) is -0.294. The molecule has 0 aliphatic carbocycles. The van der Waals surface area contributed by atoms with Crippen molar-refractivity contribution in [3.63, 3.8) is 0 Å². The molecule has 2 atom stereocenters. The Bertz CT molecular complexity index is 167. The van der Waals surface area contributed by atoms with Crippen LogP contribution in [0.3, 0.4) is 0 Å². The van der Waals surface area contributed by atoms with Crippen molar-refractivity contribution in [1.29, 1.82) is 0 Å². The average molecular weight is 178 g/mol. The Kier molecular flexibility index (Phi) is 4.62. The van der Waals surface area contributed by atoms with Crippen LogP contribution in [0, 0.1) is 5.92 Å². The Morgan fingerprint density at radius 2 is 2.18 bits per heavy atom. The second-order valence-corrected chi connectivity index (χ2v) is 5.37. The zero-order valence-electron chi connectivity index (χ0n) is 6.99. The minimum Gasteiger partial charge on any atom is -0.344 e. The lowest BCUT2D eigenvalue weighted by molar-refractivity contribution is -0.110. The Morgan fingerprint density at radius 3 is 2.55 bits per heavy atom. The number of carbonyl (C=O) groups excluding carboxylic acids is 1. The van der Waals surface area contributed by atoms with Gasteiger partial charge in [-0.2, -0.15) is 0 Å². The van der Waals surface area contributed by atoms with E-state index in [-0.39, 0.29) is 12.1 Å². The molecule has 0 rings (SSSR count). The molecule has 0 aromatic heterocycles.